The van der Waals surface area contributed by atoms with Crippen molar-refractivity contribution >= 4 is 5.95 Å². The zero-order chi connectivity index (χ0) is 11.1. The smallest absolute Gasteiger partial charge is 0.198 e. The lowest BCUT2D eigenvalue weighted by Crippen LogP contribution is -2.11. The van der Waals surface area contributed by atoms with Crippen LogP contribution in [0, 0.1) is 6.92 Å². The number of aromatic amines is 1. The van der Waals surface area contributed by atoms with Gasteiger partial charge in [0.1, 0.15) is 0 Å². The minimum Gasteiger partial charge on any atom is -0.369 e. The second-order valence-electron chi connectivity index (χ2n) is 4.21. The van der Waals surface area contributed by atoms with Gasteiger partial charge in [-0.05, 0) is 12.5 Å². The summed E-state index contributed by atoms with van der Waals surface area (Å²) in [5.41, 5.74) is 11.5. The van der Waals surface area contributed by atoms with Gasteiger partial charge in [0.05, 0.1) is 11.4 Å². The van der Waals surface area contributed by atoms with Crippen LogP contribution in [-0.4, -0.2) is 9.97 Å². The lowest BCUT2D eigenvalue weighted by molar-refractivity contribution is 0.692. The number of aryl methyl sites for hydroxylation is 1. The summed E-state index contributed by atoms with van der Waals surface area (Å²) >= 11 is 0. The summed E-state index contributed by atoms with van der Waals surface area (Å²) < 4.78 is 0. The lowest BCUT2D eigenvalue weighted by Gasteiger charge is -2.05. The fourth-order valence-electron chi connectivity index (χ4n) is 2.20. The second-order valence-corrected chi connectivity index (χ2v) is 4.21. The Kier molecular flexibility index (Phi) is 1.97. The van der Waals surface area contributed by atoms with Crippen molar-refractivity contribution in [2.45, 2.75) is 20.0 Å². The van der Waals surface area contributed by atoms with E-state index in [0.29, 0.717) is 5.95 Å². The van der Waals surface area contributed by atoms with Crippen molar-refractivity contribution in [1.29, 1.82) is 0 Å². The van der Waals surface area contributed by atoms with Crippen LogP contribution >= 0.6 is 0 Å². The molecule has 2 aromatic rings. The van der Waals surface area contributed by atoms with Crippen molar-refractivity contribution in [3.05, 3.63) is 35.0 Å². The molecule has 4 nitrogen and oxygen atoms in total. The van der Waals surface area contributed by atoms with Crippen LogP contribution in [0.15, 0.2) is 18.2 Å². The summed E-state index contributed by atoms with van der Waals surface area (Å²) in [7, 11) is 0. The quantitative estimate of drug-likeness (QED) is 0.623. The Balaban J connectivity index is 2.24. The van der Waals surface area contributed by atoms with Gasteiger partial charge in [0.2, 0.25) is 0 Å². The molecule has 0 saturated carbocycles. The SMILES string of the molecule is Cc1ccc2c(c1)CNCc1[nH]c(N)nc1-2. The fraction of sp³-hybridized carbons (Fsp3) is 0.250. The van der Waals surface area contributed by atoms with E-state index in [1.54, 1.807) is 0 Å². The Morgan fingerprint density at radius 3 is 3.06 bits per heavy atom. The van der Waals surface area contributed by atoms with Crippen LogP contribution in [-0.2, 0) is 13.1 Å². The first-order valence-corrected chi connectivity index (χ1v) is 5.39. The molecule has 0 spiro atoms. The van der Waals surface area contributed by atoms with Crippen LogP contribution < -0.4 is 11.1 Å². The van der Waals surface area contributed by atoms with Crippen LogP contribution in [0.2, 0.25) is 0 Å². The Labute approximate surface area is 93.9 Å². The van der Waals surface area contributed by atoms with Gasteiger partial charge in [0.15, 0.2) is 5.95 Å². The highest BCUT2D eigenvalue weighted by molar-refractivity contribution is 5.68. The van der Waals surface area contributed by atoms with Gasteiger partial charge in [-0.25, -0.2) is 4.98 Å². The van der Waals surface area contributed by atoms with Crippen molar-refractivity contribution in [2.24, 2.45) is 0 Å². The third-order valence-electron chi connectivity index (χ3n) is 2.93. The number of rotatable bonds is 0. The molecule has 1 aliphatic heterocycles. The maximum atomic E-state index is 5.70. The minimum absolute atomic E-state index is 0.486. The first kappa shape index (κ1) is 9.42. The maximum absolute atomic E-state index is 5.70. The molecule has 0 saturated heterocycles. The normalized spacial score (nSPS) is 14.1. The van der Waals surface area contributed by atoms with E-state index in [0.717, 1.165) is 24.5 Å². The topological polar surface area (TPSA) is 66.7 Å². The van der Waals surface area contributed by atoms with Crippen LogP contribution in [0.25, 0.3) is 11.3 Å². The average molecular weight is 214 g/mol. The summed E-state index contributed by atoms with van der Waals surface area (Å²) in [6, 6.07) is 6.43. The van der Waals surface area contributed by atoms with Gasteiger partial charge in [-0.15, -0.1) is 0 Å². The predicted molar refractivity (Wildman–Crippen MR) is 63.7 cm³/mol. The standard InChI is InChI=1S/C12H14N4/c1-7-2-3-9-8(4-7)5-14-6-10-11(9)16-12(13)15-10/h2-4,14H,5-6H2,1H3,(H3,13,15,16). The van der Waals surface area contributed by atoms with Gasteiger partial charge in [-0.2, -0.15) is 0 Å². The van der Waals surface area contributed by atoms with Gasteiger partial charge in [-0.1, -0.05) is 23.8 Å². The summed E-state index contributed by atoms with van der Waals surface area (Å²) in [6.45, 7) is 3.76. The molecule has 0 aliphatic carbocycles. The third-order valence-corrected chi connectivity index (χ3v) is 2.93. The highest BCUT2D eigenvalue weighted by atomic mass is 15.1. The van der Waals surface area contributed by atoms with Crippen molar-refractivity contribution in [3.8, 4) is 11.3 Å². The molecule has 4 N–H and O–H groups in total. The molecule has 0 amide bonds. The van der Waals surface area contributed by atoms with Gasteiger partial charge >= 0.3 is 0 Å². The van der Waals surface area contributed by atoms with Gasteiger partial charge in [-0.3, -0.25) is 0 Å². The highest BCUT2D eigenvalue weighted by Gasteiger charge is 2.17. The van der Waals surface area contributed by atoms with Crippen LogP contribution in [0.5, 0.6) is 0 Å². The monoisotopic (exact) mass is 214 g/mol. The molecule has 1 aliphatic rings. The summed E-state index contributed by atoms with van der Waals surface area (Å²) in [4.78, 5) is 7.46. The number of aromatic nitrogens is 2. The number of hydrogen-bond donors (Lipinski definition) is 3. The van der Waals surface area contributed by atoms with Crippen molar-refractivity contribution < 1.29 is 0 Å². The van der Waals surface area contributed by atoms with Crippen molar-refractivity contribution in [3.63, 3.8) is 0 Å². The molecule has 3 rings (SSSR count). The number of hydrogen-bond acceptors (Lipinski definition) is 3. The summed E-state index contributed by atoms with van der Waals surface area (Å²) in [5.74, 6) is 0.486. The number of fused-ring (bicyclic) bond motifs is 3. The molecule has 16 heavy (non-hydrogen) atoms. The number of benzene rings is 1. The van der Waals surface area contributed by atoms with E-state index < -0.39 is 0 Å². The number of nitrogens with two attached hydrogens (primary N) is 1. The summed E-state index contributed by atoms with van der Waals surface area (Å²) in [6.07, 6.45) is 0. The van der Waals surface area contributed by atoms with Crippen LogP contribution in [0.1, 0.15) is 16.8 Å². The average Bonchev–Trinajstić information content (AvgIpc) is 2.52. The molecule has 2 heterocycles. The largest absolute Gasteiger partial charge is 0.369 e. The Morgan fingerprint density at radius 2 is 2.19 bits per heavy atom. The lowest BCUT2D eigenvalue weighted by atomic mass is 10.0. The summed E-state index contributed by atoms with van der Waals surface area (Å²) in [5, 5.41) is 3.37. The van der Waals surface area contributed by atoms with E-state index >= 15 is 0 Å². The Hall–Kier alpha value is -1.81. The second kappa shape index (κ2) is 3.35. The van der Waals surface area contributed by atoms with Crippen LogP contribution in [0.4, 0.5) is 5.95 Å². The molecule has 1 aromatic heterocycles. The zero-order valence-electron chi connectivity index (χ0n) is 9.17. The van der Waals surface area contributed by atoms with E-state index in [4.69, 9.17) is 5.73 Å². The minimum atomic E-state index is 0.486. The highest BCUT2D eigenvalue weighted by Crippen LogP contribution is 2.29. The molecule has 4 heteroatoms. The van der Waals surface area contributed by atoms with Gasteiger partial charge in [0.25, 0.3) is 0 Å². The molecular weight excluding hydrogens is 200 g/mol. The van der Waals surface area contributed by atoms with E-state index in [1.165, 1.54) is 16.7 Å². The van der Waals surface area contributed by atoms with E-state index in [2.05, 4.69) is 40.4 Å². The van der Waals surface area contributed by atoms with Crippen molar-refractivity contribution in [2.75, 3.05) is 5.73 Å². The first-order valence-electron chi connectivity index (χ1n) is 5.39. The number of H-pyrrole nitrogens is 1. The molecule has 0 atom stereocenters. The number of nitrogens with zero attached hydrogens (tertiary/aromatic N) is 1. The van der Waals surface area contributed by atoms with Gasteiger partial charge < -0.3 is 16.0 Å². The Morgan fingerprint density at radius 1 is 1.31 bits per heavy atom. The van der Waals surface area contributed by atoms with Crippen molar-refractivity contribution in [1.82, 2.24) is 15.3 Å². The molecule has 0 unspecified atom stereocenters. The number of nitrogen functional groups attached to an aromatic ring is 1. The predicted octanol–water partition coefficient (Wildman–Crippen LogP) is 1.57. The molecule has 0 fully saturated rings. The molecule has 0 bridgehead atoms. The first-order chi connectivity index (χ1) is 7.74. The zero-order valence-corrected chi connectivity index (χ0v) is 9.17. The van der Waals surface area contributed by atoms with Crippen LogP contribution in [0.3, 0.4) is 0 Å². The number of imidazole rings is 1. The molecule has 82 valence electrons. The number of anilines is 1. The van der Waals surface area contributed by atoms with E-state index in [-0.39, 0.29) is 0 Å². The van der Waals surface area contributed by atoms with E-state index in [1.807, 2.05) is 0 Å². The molecule has 0 radical (unpaired) electrons. The fourth-order valence-corrected chi connectivity index (χ4v) is 2.20. The van der Waals surface area contributed by atoms with E-state index in [9.17, 15) is 0 Å². The molecule has 1 aromatic carbocycles. The van der Waals surface area contributed by atoms with Gasteiger partial charge in [0, 0.05) is 18.7 Å². The number of nitrogens with one attached hydrogen (secondary N) is 2. The third kappa shape index (κ3) is 1.39. The molecular formula is C12H14N4. The maximum Gasteiger partial charge on any atom is 0.198 e. The Bertz CT molecular complexity index is 542.